The molecule has 0 nitrogen and oxygen atoms in total. The first-order valence-corrected chi connectivity index (χ1v) is 35.6. The summed E-state index contributed by atoms with van der Waals surface area (Å²) in [5.74, 6) is -1.87. The van der Waals surface area contributed by atoms with Crippen molar-refractivity contribution in [1.29, 1.82) is 0 Å². The monoisotopic (exact) mass is 945 g/mol. The summed E-state index contributed by atoms with van der Waals surface area (Å²) >= 11 is -5.30. The Kier molecular flexibility index (Phi) is 11.5. The van der Waals surface area contributed by atoms with E-state index < -0.39 is 54.6 Å². The second-order valence-corrected chi connectivity index (χ2v) is 59.9. The minimum atomic E-state index is -6.71. The molecule has 2 aliphatic carbocycles. The second-order valence-electron chi connectivity index (χ2n) is 17.4. The Bertz CT molecular complexity index is 2240. The van der Waals surface area contributed by atoms with Gasteiger partial charge in [-0.2, -0.15) is 0 Å². The van der Waals surface area contributed by atoms with E-state index in [1.54, 1.807) is 12.1 Å². The van der Waals surface area contributed by atoms with Crippen LogP contribution < -0.4 is 0 Å². The number of alkyl halides is 9. The molecule has 0 N–H and O–H groups in total. The molecule has 0 aromatic heterocycles. The zero-order valence-corrected chi connectivity index (χ0v) is 38.5. The van der Waals surface area contributed by atoms with Crippen LogP contribution in [0.2, 0.25) is 13.1 Å². The Balaban J connectivity index is 1.51. The van der Waals surface area contributed by atoms with Crippen LogP contribution >= 0.6 is 17.0 Å². The van der Waals surface area contributed by atoms with Crippen molar-refractivity contribution in [3.8, 4) is 22.3 Å². The molecule has 0 spiro atoms. The van der Waals surface area contributed by atoms with Crippen molar-refractivity contribution in [2.75, 3.05) is 0 Å². The predicted molar refractivity (Wildman–Crippen MR) is 219 cm³/mol. The van der Waals surface area contributed by atoms with Crippen LogP contribution in [-0.2, 0) is 26.4 Å². The fraction of sp³-hybridized carbons (Fsp3) is 0.378. The summed E-state index contributed by atoms with van der Waals surface area (Å²) in [4.78, 5) is 0. The Hall–Kier alpha value is -2.59. The third-order valence-corrected chi connectivity index (χ3v) is 64.7. The number of benzene rings is 4. The van der Waals surface area contributed by atoms with Gasteiger partial charge in [0.25, 0.3) is 0 Å². The average Bonchev–Trinajstić information content (AvgIpc) is 3.68. The number of hydrogen-bond donors (Lipinski definition) is 0. The van der Waals surface area contributed by atoms with Gasteiger partial charge in [-0.05, 0) is 0 Å². The van der Waals surface area contributed by atoms with Crippen molar-refractivity contribution in [3.63, 3.8) is 0 Å². The Morgan fingerprint density at radius 2 is 1.03 bits per heavy atom. The van der Waals surface area contributed by atoms with Crippen molar-refractivity contribution < 1.29 is 55.1 Å². The summed E-state index contributed by atoms with van der Waals surface area (Å²) in [5, 5.41) is 0. The van der Waals surface area contributed by atoms with E-state index in [9.17, 15) is 39.5 Å². The molecule has 0 saturated carbocycles. The van der Waals surface area contributed by atoms with Gasteiger partial charge in [-0.25, -0.2) is 0 Å². The van der Waals surface area contributed by atoms with E-state index >= 15 is 0 Å². The van der Waals surface area contributed by atoms with Crippen LogP contribution in [0, 0.1) is 5.92 Å². The van der Waals surface area contributed by atoms with Gasteiger partial charge in [0.05, 0.1) is 0 Å². The van der Waals surface area contributed by atoms with Gasteiger partial charge >= 0.3 is 345 Å². The Labute approximate surface area is 343 Å². The molecule has 3 atom stereocenters. The second kappa shape index (κ2) is 14.8. The maximum atomic E-state index is 14.0. The molecule has 58 heavy (non-hydrogen) atoms. The van der Waals surface area contributed by atoms with Gasteiger partial charge in [0.1, 0.15) is 0 Å². The molecule has 3 unspecified atom stereocenters. The van der Waals surface area contributed by atoms with Crippen molar-refractivity contribution in [2.24, 2.45) is 5.92 Å². The fourth-order valence-corrected chi connectivity index (χ4v) is 41.4. The molecule has 0 amide bonds. The maximum absolute atomic E-state index is 14.0. The van der Waals surface area contributed by atoms with Gasteiger partial charge in [0.2, 0.25) is 0 Å². The SMILES string of the molecule is CCC(C)C1=Cc2c(-c3ccc(C(C)(C)C)cc3)cccc2[CH]1[Zr]([Cl])([Cl])([CH]1C(C)=Cc2c(-c3ccc(C(C(F)(F)F)(C(F)(F)F)C(F)(F)F)cc3)cccc21)[SiH](C)C. The van der Waals surface area contributed by atoms with Gasteiger partial charge in [0, 0.05) is 0 Å². The van der Waals surface area contributed by atoms with Crippen LogP contribution in [0.5, 0.6) is 0 Å². The Morgan fingerprint density at radius 3 is 1.43 bits per heavy atom. The standard InChI is InChI=1S/C23H27.C20H12F9.C2H7Si.2ClH.Zr/c1-6-16(2)19-14-18-8-7-9-21(22(18)15-19)17-10-12-20(13-11-17)23(3,4)5;1-11-9-13-3-2-4-15(16(13)10-11)12-5-7-14(8-6-12)17(18(21,22)23,19(24,25)26)20(27,28)29;1-3-2;;;/h7-16H,6H2,1-5H3;2-10H,1H3;3H,1-2H3;2*1H;/q;;;;;+2/p-2. The molecule has 0 saturated heterocycles. The first kappa shape index (κ1) is 44.9. The molecule has 0 aliphatic heterocycles. The summed E-state index contributed by atoms with van der Waals surface area (Å²) in [6, 6.07) is 22.5. The van der Waals surface area contributed by atoms with Crippen molar-refractivity contribution in [3.05, 3.63) is 129 Å². The van der Waals surface area contributed by atoms with Crippen LogP contribution in [0.25, 0.3) is 34.4 Å². The molecule has 13 heteroatoms. The van der Waals surface area contributed by atoms with E-state index in [0.717, 1.165) is 51.9 Å². The van der Waals surface area contributed by atoms with Crippen molar-refractivity contribution >= 4 is 35.1 Å². The summed E-state index contributed by atoms with van der Waals surface area (Å²) in [6.45, 7) is 17.2. The van der Waals surface area contributed by atoms with Crippen LogP contribution in [-0.4, -0.2) is 24.5 Å². The van der Waals surface area contributed by atoms with E-state index in [1.807, 2.05) is 19.1 Å². The summed E-state index contributed by atoms with van der Waals surface area (Å²) < 4.78 is 125. The zero-order valence-electron chi connectivity index (χ0n) is 33.4. The molecule has 6 rings (SSSR count). The Morgan fingerprint density at radius 1 is 0.621 bits per heavy atom. The van der Waals surface area contributed by atoms with Crippen LogP contribution in [0.1, 0.15) is 88.6 Å². The summed E-state index contributed by atoms with van der Waals surface area (Å²) in [5.41, 5.74) is 1.60. The molecule has 0 heterocycles. The molecule has 311 valence electrons. The number of fused-ring (bicyclic) bond motifs is 2. The molecule has 4 aromatic rings. The topological polar surface area (TPSA) is 0 Å². The van der Waals surface area contributed by atoms with Crippen LogP contribution in [0.15, 0.2) is 96.1 Å². The summed E-state index contributed by atoms with van der Waals surface area (Å²) in [7, 11) is 17.0. The molecular weight excluding hydrogens is 902 g/mol. The van der Waals surface area contributed by atoms with Gasteiger partial charge in [-0.15, -0.1) is 0 Å². The van der Waals surface area contributed by atoms with Crippen LogP contribution in [0.4, 0.5) is 39.5 Å². The molecule has 0 fully saturated rings. The predicted octanol–water partition coefficient (Wildman–Crippen LogP) is 15.9. The first-order valence-electron chi connectivity index (χ1n) is 19.3. The van der Waals surface area contributed by atoms with E-state index in [0.29, 0.717) is 11.1 Å². The van der Waals surface area contributed by atoms with Gasteiger partial charge in [0.15, 0.2) is 0 Å². The molecule has 4 aromatic carbocycles. The van der Waals surface area contributed by atoms with E-state index in [1.165, 1.54) is 11.1 Å². The van der Waals surface area contributed by atoms with Gasteiger partial charge in [-0.1, -0.05) is 0 Å². The molecular formula is C45H46Cl2F9SiZr. The normalized spacial score (nSPS) is 19.0. The van der Waals surface area contributed by atoms with Crippen molar-refractivity contribution in [1.82, 2.24) is 0 Å². The fourth-order valence-electron chi connectivity index (χ4n) is 9.35. The third-order valence-electron chi connectivity index (χ3n) is 12.7. The average molecular weight is 948 g/mol. The van der Waals surface area contributed by atoms with E-state index in [2.05, 4.69) is 96.3 Å². The number of allylic oxidation sites excluding steroid dienone is 2. The molecule has 2 aliphatic rings. The molecule has 0 radical (unpaired) electrons. The third kappa shape index (κ3) is 6.84. The van der Waals surface area contributed by atoms with Crippen molar-refractivity contribution in [2.45, 2.75) is 97.7 Å². The zero-order chi connectivity index (χ0) is 43.2. The number of halogens is 11. The van der Waals surface area contributed by atoms with E-state index in [4.69, 9.17) is 17.0 Å². The van der Waals surface area contributed by atoms with E-state index in [-0.39, 0.29) is 32.7 Å². The quantitative estimate of drug-likeness (QED) is 0.122. The van der Waals surface area contributed by atoms with Gasteiger partial charge < -0.3 is 0 Å². The number of hydrogen-bond acceptors (Lipinski definition) is 0. The number of rotatable bonds is 8. The summed E-state index contributed by atoms with van der Waals surface area (Å²) in [6.07, 6.45) is -15.1. The molecule has 0 bridgehead atoms. The van der Waals surface area contributed by atoms with Crippen LogP contribution in [0.3, 0.4) is 0 Å². The minimum absolute atomic E-state index is 0.0169. The first-order chi connectivity index (χ1) is 26.6. The van der Waals surface area contributed by atoms with Gasteiger partial charge in [-0.3, -0.25) is 0 Å².